The molecule has 0 saturated carbocycles. The Kier molecular flexibility index (Phi) is 2.48. The molecular weight excluding hydrogens is 206 g/mol. The second-order valence-corrected chi connectivity index (χ2v) is 5.01. The molecule has 0 aromatic heterocycles. The molecule has 4 heteroatoms. The number of rotatable bonds is 0. The van der Waals surface area contributed by atoms with E-state index in [2.05, 4.69) is 11.4 Å². The third-order valence-corrected chi connectivity index (χ3v) is 3.97. The van der Waals surface area contributed by atoms with Crippen molar-refractivity contribution < 1.29 is 0 Å². The Balaban J connectivity index is 2.27. The number of hydrogen-bond acceptors (Lipinski definition) is 3. The van der Waals surface area contributed by atoms with Crippen LogP contribution in [0.25, 0.3) is 0 Å². The number of thioether (sulfide) groups is 1. The van der Waals surface area contributed by atoms with Gasteiger partial charge in [-0.15, -0.1) is 11.8 Å². The maximum absolute atomic E-state index is 5.25. The van der Waals surface area contributed by atoms with Gasteiger partial charge in [0.05, 0.1) is 9.98 Å². The third kappa shape index (κ3) is 1.56. The fourth-order valence-corrected chi connectivity index (χ4v) is 3.40. The predicted octanol–water partition coefficient (Wildman–Crippen LogP) is 2.27. The highest BCUT2D eigenvalue weighted by Gasteiger charge is 2.27. The van der Waals surface area contributed by atoms with Crippen LogP contribution in [0.15, 0.2) is 11.0 Å². The van der Waals surface area contributed by atoms with Gasteiger partial charge in [0, 0.05) is 12.3 Å². The van der Waals surface area contributed by atoms with Gasteiger partial charge >= 0.3 is 0 Å². The van der Waals surface area contributed by atoms with Crippen molar-refractivity contribution in [1.82, 2.24) is 5.32 Å². The SMILES string of the molecule is S=C1CC=C2SCCC2C(=S)N1. The van der Waals surface area contributed by atoms with Crippen molar-refractivity contribution >= 4 is 46.2 Å². The Labute approximate surface area is 87.0 Å². The molecule has 0 aliphatic carbocycles. The summed E-state index contributed by atoms with van der Waals surface area (Å²) in [6.07, 6.45) is 4.25. The Morgan fingerprint density at radius 3 is 3.17 bits per heavy atom. The van der Waals surface area contributed by atoms with Crippen molar-refractivity contribution in [3.63, 3.8) is 0 Å². The molecule has 2 aliphatic rings. The van der Waals surface area contributed by atoms with Crippen LogP contribution < -0.4 is 5.32 Å². The van der Waals surface area contributed by atoms with E-state index < -0.39 is 0 Å². The van der Waals surface area contributed by atoms with Crippen LogP contribution in [0.3, 0.4) is 0 Å². The van der Waals surface area contributed by atoms with Crippen molar-refractivity contribution in [1.29, 1.82) is 0 Å². The number of hydrogen-bond donors (Lipinski definition) is 1. The molecule has 1 saturated heterocycles. The number of nitrogens with one attached hydrogen (secondary N) is 1. The van der Waals surface area contributed by atoms with Crippen LogP contribution in [0, 0.1) is 5.92 Å². The Morgan fingerprint density at radius 2 is 2.33 bits per heavy atom. The number of fused-ring (bicyclic) bond motifs is 1. The summed E-state index contributed by atoms with van der Waals surface area (Å²) in [5.41, 5.74) is 0. The topological polar surface area (TPSA) is 12.0 Å². The summed E-state index contributed by atoms with van der Waals surface area (Å²) in [6, 6.07) is 0. The molecule has 0 aromatic carbocycles. The van der Waals surface area contributed by atoms with E-state index in [1.54, 1.807) is 0 Å². The lowest BCUT2D eigenvalue weighted by atomic mass is 10.1. The van der Waals surface area contributed by atoms with E-state index in [9.17, 15) is 0 Å². The summed E-state index contributed by atoms with van der Waals surface area (Å²) in [7, 11) is 0. The Hall–Kier alpha value is 0.0700. The van der Waals surface area contributed by atoms with Gasteiger partial charge in [0.15, 0.2) is 0 Å². The Morgan fingerprint density at radius 1 is 1.50 bits per heavy atom. The minimum Gasteiger partial charge on any atom is -0.344 e. The van der Waals surface area contributed by atoms with Gasteiger partial charge in [-0.05, 0) is 17.1 Å². The van der Waals surface area contributed by atoms with Gasteiger partial charge in [0.25, 0.3) is 0 Å². The maximum Gasteiger partial charge on any atom is 0.0882 e. The molecule has 0 spiro atoms. The number of thiocarbonyl (C=S) groups is 2. The maximum atomic E-state index is 5.25. The Bertz CT molecular complexity index is 269. The van der Waals surface area contributed by atoms with Crippen LogP contribution in [0.2, 0.25) is 0 Å². The van der Waals surface area contributed by atoms with Crippen LogP contribution in [-0.2, 0) is 0 Å². The molecular formula is C8H9NS3. The largest absolute Gasteiger partial charge is 0.344 e. The van der Waals surface area contributed by atoms with Gasteiger partial charge in [-0.1, -0.05) is 30.5 Å². The van der Waals surface area contributed by atoms with Crippen molar-refractivity contribution in [2.24, 2.45) is 5.92 Å². The summed E-state index contributed by atoms with van der Waals surface area (Å²) in [5, 5.41) is 3.11. The normalized spacial score (nSPS) is 29.0. The van der Waals surface area contributed by atoms with Gasteiger partial charge in [-0.3, -0.25) is 0 Å². The van der Waals surface area contributed by atoms with Crippen LogP contribution in [0.4, 0.5) is 0 Å². The third-order valence-electron chi connectivity index (χ3n) is 2.09. The molecule has 1 nitrogen and oxygen atoms in total. The van der Waals surface area contributed by atoms with E-state index in [1.165, 1.54) is 17.1 Å². The molecule has 1 fully saturated rings. The fourth-order valence-electron chi connectivity index (χ4n) is 1.47. The van der Waals surface area contributed by atoms with E-state index >= 15 is 0 Å². The molecule has 1 atom stereocenters. The second-order valence-electron chi connectivity index (χ2n) is 2.91. The first-order chi connectivity index (χ1) is 5.77. The van der Waals surface area contributed by atoms with Crippen molar-refractivity contribution in [2.75, 3.05) is 5.75 Å². The molecule has 2 rings (SSSR count). The van der Waals surface area contributed by atoms with Gasteiger partial charge in [0.2, 0.25) is 0 Å². The highest BCUT2D eigenvalue weighted by atomic mass is 32.2. The van der Waals surface area contributed by atoms with Crippen LogP contribution >= 0.6 is 36.2 Å². The monoisotopic (exact) mass is 215 g/mol. The van der Waals surface area contributed by atoms with Gasteiger partial charge < -0.3 is 5.32 Å². The van der Waals surface area contributed by atoms with E-state index in [0.717, 1.165) is 16.4 Å². The fraction of sp³-hybridized carbons (Fsp3) is 0.500. The summed E-state index contributed by atoms with van der Waals surface area (Å²) in [5.74, 6) is 1.66. The molecule has 1 N–H and O–H groups in total. The summed E-state index contributed by atoms with van der Waals surface area (Å²) >= 11 is 12.3. The first-order valence-electron chi connectivity index (χ1n) is 3.94. The standard InChI is InChI=1S/C8H9NS3/c10-7-2-1-6-5(3-4-12-6)8(11)9-7/h1,5H,2-4H2,(H,9,10,11). The summed E-state index contributed by atoms with van der Waals surface area (Å²) in [6.45, 7) is 0. The average molecular weight is 215 g/mol. The lowest BCUT2D eigenvalue weighted by Gasteiger charge is -2.10. The van der Waals surface area contributed by atoms with Crippen LogP contribution in [-0.4, -0.2) is 15.7 Å². The minimum absolute atomic E-state index is 0.463. The molecule has 0 radical (unpaired) electrons. The molecule has 2 aliphatic heterocycles. The van der Waals surface area contributed by atoms with Gasteiger partial charge in [0.1, 0.15) is 0 Å². The zero-order valence-electron chi connectivity index (χ0n) is 6.50. The van der Waals surface area contributed by atoms with E-state index in [0.29, 0.717) is 5.92 Å². The smallest absolute Gasteiger partial charge is 0.0882 e. The van der Waals surface area contributed by atoms with E-state index in [4.69, 9.17) is 24.4 Å². The highest BCUT2D eigenvalue weighted by Crippen LogP contribution is 2.37. The molecule has 12 heavy (non-hydrogen) atoms. The van der Waals surface area contributed by atoms with E-state index in [1.807, 2.05) is 11.8 Å². The van der Waals surface area contributed by atoms with Crippen LogP contribution in [0.1, 0.15) is 12.8 Å². The van der Waals surface area contributed by atoms with Crippen molar-refractivity contribution in [3.05, 3.63) is 11.0 Å². The van der Waals surface area contributed by atoms with Gasteiger partial charge in [-0.25, -0.2) is 0 Å². The summed E-state index contributed by atoms with van der Waals surface area (Å²) < 4.78 is 0. The molecule has 0 aromatic rings. The molecule has 0 amide bonds. The summed E-state index contributed by atoms with van der Waals surface area (Å²) in [4.78, 5) is 3.21. The van der Waals surface area contributed by atoms with Crippen LogP contribution in [0.5, 0.6) is 0 Å². The molecule has 64 valence electrons. The quantitative estimate of drug-likeness (QED) is 0.622. The first kappa shape index (κ1) is 8.66. The van der Waals surface area contributed by atoms with Crippen molar-refractivity contribution in [3.8, 4) is 0 Å². The molecule has 0 bridgehead atoms. The molecule has 1 unspecified atom stereocenters. The lowest BCUT2D eigenvalue weighted by molar-refractivity contribution is 0.840. The van der Waals surface area contributed by atoms with Gasteiger partial charge in [-0.2, -0.15) is 0 Å². The minimum atomic E-state index is 0.463. The predicted molar refractivity (Wildman–Crippen MR) is 61.6 cm³/mol. The first-order valence-corrected chi connectivity index (χ1v) is 5.74. The average Bonchev–Trinajstić information content (AvgIpc) is 2.43. The highest BCUT2D eigenvalue weighted by molar-refractivity contribution is 8.03. The lowest BCUT2D eigenvalue weighted by Crippen LogP contribution is -2.30. The zero-order chi connectivity index (χ0) is 8.55. The second kappa shape index (κ2) is 3.44. The molecule has 2 heterocycles. The van der Waals surface area contributed by atoms with Crippen molar-refractivity contribution in [2.45, 2.75) is 12.8 Å². The zero-order valence-corrected chi connectivity index (χ0v) is 8.95. The van der Waals surface area contributed by atoms with E-state index in [-0.39, 0.29) is 0 Å².